The van der Waals surface area contributed by atoms with E-state index in [1.54, 1.807) is 12.4 Å². The zero-order valence-electron chi connectivity index (χ0n) is 12.0. The third-order valence-corrected chi connectivity index (χ3v) is 3.69. The van der Waals surface area contributed by atoms with Crippen molar-refractivity contribution in [2.75, 3.05) is 18.4 Å². The van der Waals surface area contributed by atoms with E-state index in [9.17, 15) is 9.59 Å². The van der Waals surface area contributed by atoms with Gasteiger partial charge in [0.05, 0.1) is 11.9 Å². The average molecular weight is 289 g/mol. The maximum absolute atomic E-state index is 12.0. The first-order valence-corrected chi connectivity index (χ1v) is 7.14. The summed E-state index contributed by atoms with van der Waals surface area (Å²) in [6.45, 7) is 3.55. The van der Waals surface area contributed by atoms with Crippen LogP contribution < -0.4 is 16.0 Å². The highest BCUT2D eigenvalue weighted by Crippen LogP contribution is 2.18. The highest BCUT2D eigenvalue weighted by atomic mass is 16.2. The minimum atomic E-state index is -0.117. The van der Waals surface area contributed by atoms with E-state index in [4.69, 9.17) is 0 Å². The molecule has 1 saturated heterocycles. The number of amides is 2. The maximum Gasteiger partial charge on any atom is 0.251 e. The number of hydrogen-bond acceptors (Lipinski definition) is 4. The molecule has 0 bridgehead atoms. The molecule has 7 heteroatoms. The summed E-state index contributed by atoms with van der Waals surface area (Å²) in [5.74, 6) is -0.161. The number of carbonyl (C=O) groups excluding carboxylic acids is 2. The molecule has 1 aromatic heterocycles. The monoisotopic (exact) mass is 289 g/mol. The van der Waals surface area contributed by atoms with Crippen molar-refractivity contribution in [2.45, 2.75) is 32.4 Å². The molecule has 2 heterocycles. The Morgan fingerprint density at radius 1 is 1.43 bits per heavy atom. The van der Waals surface area contributed by atoms with Gasteiger partial charge in [-0.05, 0) is 25.3 Å². The quantitative estimate of drug-likeness (QED) is 0.667. The number of nitrogens with one attached hydrogen (secondary N) is 3. The highest BCUT2D eigenvalue weighted by molar-refractivity contribution is 6.03. The Balaban J connectivity index is 1.54. The van der Waals surface area contributed by atoms with Crippen LogP contribution in [0.2, 0.25) is 0 Å². The third-order valence-electron chi connectivity index (χ3n) is 3.69. The summed E-state index contributed by atoms with van der Waals surface area (Å²) in [4.78, 5) is 23.7. The Bertz CT molecular complexity index is 594. The molecule has 7 nitrogen and oxygen atoms in total. The molecule has 1 aromatic rings. The molecule has 0 spiro atoms. The van der Waals surface area contributed by atoms with Crippen LogP contribution in [0.3, 0.4) is 0 Å². The van der Waals surface area contributed by atoms with Crippen LogP contribution in [0.25, 0.3) is 0 Å². The molecule has 0 atom stereocenters. The Hall–Kier alpha value is -2.15. The van der Waals surface area contributed by atoms with Crippen LogP contribution in [0.5, 0.6) is 0 Å². The maximum atomic E-state index is 12.0. The summed E-state index contributed by atoms with van der Waals surface area (Å²) in [6, 6.07) is 0.345. The molecular formula is C14H19N5O2. The lowest BCUT2D eigenvalue weighted by atomic mass is 10.0. The molecule has 112 valence electrons. The first kappa shape index (κ1) is 13.8. The Kier molecular flexibility index (Phi) is 3.74. The lowest BCUT2D eigenvalue weighted by Gasteiger charge is -2.21. The van der Waals surface area contributed by atoms with Gasteiger partial charge in [-0.3, -0.25) is 14.3 Å². The number of anilines is 1. The van der Waals surface area contributed by atoms with Crippen LogP contribution >= 0.6 is 0 Å². The normalized spacial score (nSPS) is 17.1. The van der Waals surface area contributed by atoms with Crippen LogP contribution in [-0.2, 0) is 16.1 Å². The molecule has 2 aliphatic rings. The predicted molar refractivity (Wildman–Crippen MR) is 77.6 cm³/mol. The van der Waals surface area contributed by atoms with Crippen LogP contribution in [0.4, 0.5) is 5.69 Å². The van der Waals surface area contributed by atoms with Gasteiger partial charge in [-0.25, -0.2) is 0 Å². The number of nitrogens with zero attached hydrogens (tertiary/aromatic N) is 2. The van der Waals surface area contributed by atoms with Gasteiger partial charge >= 0.3 is 0 Å². The van der Waals surface area contributed by atoms with E-state index in [0.717, 1.165) is 37.1 Å². The Labute approximate surface area is 122 Å². The summed E-state index contributed by atoms with van der Waals surface area (Å²) in [7, 11) is 0. The van der Waals surface area contributed by atoms with E-state index in [1.165, 1.54) is 4.68 Å². The molecular weight excluding hydrogens is 270 g/mol. The van der Waals surface area contributed by atoms with Gasteiger partial charge in [0.2, 0.25) is 5.91 Å². The summed E-state index contributed by atoms with van der Waals surface area (Å²) < 4.78 is 1.53. The Morgan fingerprint density at radius 3 is 2.81 bits per heavy atom. The molecule has 1 aliphatic carbocycles. The number of rotatable bonds is 5. The molecule has 0 unspecified atom stereocenters. The standard InChI is InChI=1S/C14H19N5O2/c1-9(10-4-15-5-10)14(21)18-12-6-16-19(7-12)8-13(20)17-11-2-3-11/h6-7,11,15H,2-5,8H2,1H3,(H,17,20)(H,18,21). The lowest BCUT2D eigenvalue weighted by molar-refractivity contribution is -0.122. The highest BCUT2D eigenvalue weighted by Gasteiger charge is 2.23. The summed E-state index contributed by atoms with van der Waals surface area (Å²) in [6.07, 6.45) is 5.35. The van der Waals surface area contributed by atoms with Gasteiger partial charge in [-0.1, -0.05) is 0 Å². The van der Waals surface area contributed by atoms with Crippen molar-refractivity contribution >= 4 is 17.5 Å². The zero-order chi connectivity index (χ0) is 14.8. The Morgan fingerprint density at radius 2 is 2.19 bits per heavy atom. The largest absolute Gasteiger partial charge is 0.352 e. The second-order valence-electron chi connectivity index (χ2n) is 5.55. The molecule has 1 saturated carbocycles. The molecule has 3 N–H and O–H groups in total. The smallest absolute Gasteiger partial charge is 0.251 e. The fourth-order valence-electron chi connectivity index (χ4n) is 2.06. The molecule has 0 aromatic carbocycles. The zero-order valence-corrected chi connectivity index (χ0v) is 12.0. The van der Waals surface area contributed by atoms with Gasteiger partial charge in [0.1, 0.15) is 6.54 Å². The van der Waals surface area contributed by atoms with Crippen LogP contribution in [0.15, 0.2) is 23.5 Å². The topological polar surface area (TPSA) is 88.0 Å². The molecule has 2 amide bonds. The van der Waals surface area contributed by atoms with Crippen LogP contribution in [0.1, 0.15) is 19.8 Å². The number of aromatic nitrogens is 2. The second-order valence-corrected chi connectivity index (χ2v) is 5.55. The van der Waals surface area contributed by atoms with E-state index in [-0.39, 0.29) is 18.4 Å². The van der Waals surface area contributed by atoms with Crippen molar-refractivity contribution in [2.24, 2.45) is 0 Å². The summed E-state index contributed by atoms with van der Waals surface area (Å²) in [5.41, 5.74) is 2.48. The average Bonchev–Trinajstić information content (AvgIpc) is 3.07. The van der Waals surface area contributed by atoms with Gasteiger partial charge in [0, 0.05) is 30.9 Å². The minimum Gasteiger partial charge on any atom is -0.352 e. The van der Waals surface area contributed by atoms with Crippen molar-refractivity contribution in [1.82, 2.24) is 20.4 Å². The van der Waals surface area contributed by atoms with Crippen molar-refractivity contribution < 1.29 is 9.59 Å². The number of hydrogen-bond donors (Lipinski definition) is 3. The van der Waals surface area contributed by atoms with E-state index in [1.807, 2.05) is 6.92 Å². The van der Waals surface area contributed by atoms with E-state index < -0.39 is 0 Å². The van der Waals surface area contributed by atoms with Gasteiger partial charge in [-0.15, -0.1) is 0 Å². The van der Waals surface area contributed by atoms with E-state index in [0.29, 0.717) is 11.7 Å². The van der Waals surface area contributed by atoms with Crippen LogP contribution in [0, 0.1) is 0 Å². The molecule has 2 fully saturated rings. The fraction of sp³-hybridized carbons (Fsp3) is 0.500. The number of carbonyl (C=O) groups is 2. The third kappa shape index (κ3) is 3.49. The first-order chi connectivity index (χ1) is 10.1. The van der Waals surface area contributed by atoms with Gasteiger partial charge in [0.25, 0.3) is 5.91 Å². The lowest BCUT2D eigenvalue weighted by Crippen LogP contribution is -2.36. The van der Waals surface area contributed by atoms with Crippen molar-refractivity contribution in [1.29, 1.82) is 0 Å². The fourth-order valence-corrected chi connectivity index (χ4v) is 2.06. The predicted octanol–water partition coefficient (Wildman–Crippen LogP) is 0.0199. The minimum absolute atomic E-state index is 0.0442. The molecule has 21 heavy (non-hydrogen) atoms. The van der Waals surface area contributed by atoms with E-state index >= 15 is 0 Å². The van der Waals surface area contributed by atoms with Crippen molar-refractivity contribution in [3.8, 4) is 0 Å². The summed E-state index contributed by atoms with van der Waals surface area (Å²) >= 11 is 0. The molecule has 1 aliphatic heterocycles. The van der Waals surface area contributed by atoms with E-state index in [2.05, 4.69) is 21.0 Å². The van der Waals surface area contributed by atoms with Gasteiger partial charge < -0.3 is 16.0 Å². The first-order valence-electron chi connectivity index (χ1n) is 7.14. The van der Waals surface area contributed by atoms with Crippen molar-refractivity contribution in [3.63, 3.8) is 0 Å². The molecule has 3 rings (SSSR count). The summed E-state index contributed by atoms with van der Waals surface area (Å²) in [5, 5.41) is 12.9. The molecule has 0 radical (unpaired) electrons. The van der Waals surface area contributed by atoms with Crippen LogP contribution in [-0.4, -0.2) is 40.7 Å². The van der Waals surface area contributed by atoms with Gasteiger partial charge in [-0.2, -0.15) is 5.10 Å². The SMILES string of the molecule is CC(C(=O)Nc1cnn(CC(=O)NC2CC2)c1)=C1CNC1. The van der Waals surface area contributed by atoms with Crippen molar-refractivity contribution in [3.05, 3.63) is 23.5 Å². The second kappa shape index (κ2) is 5.69. The van der Waals surface area contributed by atoms with Gasteiger partial charge in [0.15, 0.2) is 0 Å².